The summed E-state index contributed by atoms with van der Waals surface area (Å²) in [6, 6.07) is 10.9. The van der Waals surface area contributed by atoms with E-state index in [9.17, 15) is 19.2 Å². The number of alkyl halides is 2. The van der Waals surface area contributed by atoms with Gasteiger partial charge in [0.05, 0.1) is 44.6 Å². The standard InChI is InChI=1S/C24H18BrCl3N2O5/c25-11-3-6-16(15(26)7-11)29-17(31)9-35-24(34)10-1-4-12(5-2-10)30-22(32)18-13-8-14(19(18)23(30)33)21(28)20(13)27/h1-7,13-14,18-21H,8-9H2,(H,29,31)/t13-,14-,18-,19+,20+,21+/m1/s1. The molecule has 0 spiro atoms. The first kappa shape index (κ1) is 24.6. The number of nitrogens with one attached hydrogen (secondary N) is 1. The summed E-state index contributed by atoms with van der Waals surface area (Å²) in [5.74, 6) is -2.95. The molecule has 2 aromatic rings. The van der Waals surface area contributed by atoms with Gasteiger partial charge in [-0.3, -0.25) is 19.3 Å². The summed E-state index contributed by atoms with van der Waals surface area (Å²) < 4.78 is 5.83. The monoisotopic (exact) mass is 598 g/mol. The van der Waals surface area contributed by atoms with Crippen molar-refractivity contribution in [2.75, 3.05) is 16.8 Å². The minimum atomic E-state index is -0.724. The van der Waals surface area contributed by atoms with E-state index in [0.29, 0.717) is 22.8 Å². The first-order valence-electron chi connectivity index (χ1n) is 10.9. The fraction of sp³-hybridized carbons (Fsp3) is 0.333. The summed E-state index contributed by atoms with van der Waals surface area (Å²) in [4.78, 5) is 51.8. The number of nitrogens with zero attached hydrogens (tertiary/aromatic N) is 1. The molecule has 3 amide bonds. The van der Waals surface area contributed by atoms with Crippen molar-refractivity contribution in [3.8, 4) is 0 Å². The highest BCUT2D eigenvalue weighted by atomic mass is 79.9. The Bertz CT molecular complexity index is 1210. The highest BCUT2D eigenvalue weighted by molar-refractivity contribution is 9.10. The summed E-state index contributed by atoms with van der Waals surface area (Å²) in [7, 11) is 0. The largest absolute Gasteiger partial charge is 0.452 e. The average Bonchev–Trinajstić information content (AvgIpc) is 3.44. The van der Waals surface area contributed by atoms with Crippen molar-refractivity contribution < 1.29 is 23.9 Å². The van der Waals surface area contributed by atoms with Gasteiger partial charge in [-0.1, -0.05) is 27.5 Å². The van der Waals surface area contributed by atoms with Gasteiger partial charge in [0, 0.05) is 4.47 Å². The van der Waals surface area contributed by atoms with Gasteiger partial charge in [-0.15, -0.1) is 23.2 Å². The maximum absolute atomic E-state index is 13.1. The lowest BCUT2D eigenvalue weighted by molar-refractivity contribution is -0.123. The Balaban J connectivity index is 1.21. The maximum Gasteiger partial charge on any atom is 0.338 e. The molecular weight excluding hydrogens is 583 g/mol. The molecule has 1 saturated heterocycles. The van der Waals surface area contributed by atoms with Gasteiger partial charge in [-0.2, -0.15) is 0 Å². The van der Waals surface area contributed by atoms with Crippen LogP contribution in [0.4, 0.5) is 11.4 Å². The number of carbonyl (C=O) groups is 4. The molecule has 1 heterocycles. The maximum atomic E-state index is 13.1. The Morgan fingerprint density at radius 2 is 1.60 bits per heavy atom. The summed E-state index contributed by atoms with van der Waals surface area (Å²) in [5, 5.41) is 2.25. The molecule has 1 aliphatic heterocycles. The van der Waals surface area contributed by atoms with Crippen LogP contribution in [0.2, 0.25) is 5.02 Å². The van der Waals surface area contributed by atoms with Gasteiger partial charge in [0.2, 0.25) is 11.8 Å². The van der Waals surface area contributed by atoms with E-state index in [4.69, 9.17) is 39.5 Å². The van der Waals surface area contributed by atoms with Crippen molar-refractivity contribution >= 4 is 85.8 Å². The van der Waals surface area contributed by atoms with Crippen LogP contribution in [-0.2, 0) is 19.1 Å². The molecule has 0 radical (unpaired) electrons. The zero-order valence-electron chi connectivity index (χ0n) is 17.9. The molecule has 2 bridgehead atoms. The van der Waals surface area contributed by atoms with Gasteiger partial charge < -0.3 is 10.1 Å². The number of amides is 3. The van der Waals surface area contributed by atoms with Crippen molar-refractivity contribution in [3.05, 3.63) is 57.5 Å². The van der Waals surface area contributed by atoms with Gasteiger partial charge in [0.1, 0.15) is 0 Å². The Hall–Kier alpha value is -2.13. The number of anilines is 2. The minimum Gasteiger partial charge on any atom is -0.452 e. The third-order valence-corrected chi connectivity index (χ3v) is 9.01. The summed E-state index contributed by atoms with van der Waals surface area (Å²) in [6.45, 7) is -0.513. The predicted octanol–water partition coefficient (Wildman–Crippen LogP) is 4.87. The van der Waals surface area contributed by atoms with Crippen LogP contribution in [0, 0.1) is 23.7 Å². The van der Waals surface area contributed by atoms with Gasteiger partial charge in [-0.05, 0) is 60.7 Å². The topological polar surface area (TPSA) is 92.8 Å². The molecule has 3 aliphatic rings. The fourth-order valence-corrected chi connectivity index (χ4v) is 6.96. The van der Waals surface area contributed by atoms with Gasteiger partial charge in [-0.25, -0.2) is 4.79 Å². The van der Waals surface area contributed by atoms with Gasteiger partial charge in [0.25, 0.3) is 5.91 Å². The van der Waals surface area contributed by atoms with E-state index in [1.165, 1.54) is 24.3 Å². The van der Waals surface area contributed by atoms with E-state index < -0.39 is 30.3 Å². The number of halogens is 4. The molecule has 0 aromatic heterocycles. The number of imide groups is 1. The van der Waals surface area contributed by atoms with Crippen LogP contribution in [0.1, 0.15) is 16.8 Å². The third-order valence-electron chi connectivity index (χ3n) is 6.89. The Labute approximate surface area is 224 Å². The van der Waals surface area contributed by atoms with E-state index in [1.807, 2.05) is 0 Å². The van der Waals surface area contributed by atoms with Crippen LogP contribution in [0.25, 0.3) is 0 Å². The molecule has 5 rings (SSSR count). The van der Waals surface area contributed by atoms with Crippen LogP contribution in [0.15, 0.2) is 46.9 Å². The van der Waals surface area contributed by atoms with Gasteiger partial charge in [0.15, 0.2) is 6.61 Å². The molecular formula is C24H18BrCl3N2O5. The van der Waals surface area contributed by atoms with Gasteiger partial charge >= 0.3 is 5.97 Å². The second-order valence-corrected chi connectivity index (χ2v) is 11.1. The Kier molecular flexibility index (Phi) is 6.59. The van der Waals surface area contributed by atoms with Crippen molar-refractivity contribution in [1.29, 1.82) is 0 Å². The highest BCUT2D eigenvalue weighted by Gasteiger charge is 2.66. The number of hydrogen-bond acceptors (Lipinski definition) is 5. The third kappa shape index (κ3) is 4.24. The number of rotatable bonds is 5. The Morgan fingerprint density at radius 3 is 2.17 bits per heavy atom. The molecule has 2 saturated carbocycles. The summed E-state index contributed by atoms with van der Waals surface area (Å²) in [5.41, 5.74) is 0.925. The first-order chi connectivity index (χ1) is 16.7. The van der Waals surface area contributed by atoms with Crippen LogP contribution in [-0.4, -0.2) is 41.1 Å². The molecule has 2 aliphatic carbocycles. The lowest BCUT2D eigenvalue weighted by atomic mass is 9.80. The number of fused-ring (bicyclic) bond motifs is 5. The first-order valence-corrected chi connectivity index (χ1v) is 12.9. The summed E-state index contributed by atoms with van der Waals surface area (Å²) >= 11 is 22.1. The van der Waals surface area contributed by atoms with E-state index in [-0.39, 0.29) is 40.0 Å². The zero-order valence-corrected chi connectivity index (χ0v) is 21.8. The number of esters is 1. The van der Waals surface area contributed by atoms with E-state index >= 15 is 0 Å². The number of carbonyl (C=O) groups excluding carboxylic acids is 4. The Morgan fingerprint density at radius 1 is 1.00 bits per heavy atom. The van der Waals surface area contributed by atoms with Crippen LogP contribution in [0.5, 0.6) is 0 Å². The second kappa shape index (κ2) is 9.39. The summed E-state index contributed by atoms with van der Waals surface area (Å²) in [6.07, 6.45) is 0.690. The quantitative estimate of drug-likeness (QED) is 0.301. The molecule has 1 N–H and O–H groups in total. The molecule has 0 unspecified atom stereocenters. The zero-order chi connectivity index (χ0) is 25.0. The molecule has 35 heavy (non-hydrogen) atoms. The molecule has 182 valence electrons. The number of ether oxygens (including phenoxy) is 1. The van der Waals surface area contributed by atoms with Crippen molar-refractivity contribution in [3.63, 3.8) is 0 Å². The molecule has 2 aromatic carbocycles. The molecule has 3 fully saturated rings. The van der Waals surface area contributed by atoms with Crippen LogP contribution >= 0.6 is 50.7 Å². The lowest BCUT2D eigenvalue weighted by Crippen LogP contribution is -2.37. The smallest absolute Gasteiger partial charge is 0.338 e. The van der Waals surface area contributed by atoms with Crippen molar-refractivity contribution in [2.45, 2.75) is 17.2 Å². The number of benzene rings is 2. The average molecular weight is 601 g/mol. The van der Waals surface area contributed by atoms with E-state index in [1.54, 1.807) is 18.2 Å². The SMILES string of the molecule is O=C(COC(=O)c1ccc(N2C(=O)[C@@H]3[C@H]4C[C@@H]([C@H](Cl)[C@H]4Cl)[C@@H]3C2=O)cc1)Nc1ccc(Br)cc1Cl. The van der Waals surface area contributed by atoms with Crippen LogP contribution in [0.3, 0.4) is 0 Å². The highest BCUT2D eigenvalue weighted by Crippen LogP contribution is 2.59. The fourth-order valence-electron chi connectivity index (χ4n) is 5.34. The van der Waals surface area contributed by atoms with Crippen LogP contribution < -0.4 is 10.2 Å². The second-order valence-electron chi connectivity index (χ2n) is 8.81. The van der Waals surface area contributed by atoms with Crippen molar-refractivity contribution in [1.82, 2.24) is 0 Å². The molecule has 7 nitrogen and oxygen atoms in total. The van der Waals surface area contributed by atoms with E-state index in [0.717, 1.165) is 9.37 Å². The molecule has 11 heteroatoms. The normalized spacial score (nSPS) is 28.9. The molecule has 6 atom stereocenters. The predicted molar refractivity (Wildman–Crippen MR) is 135 cm³/mol. The minimum absolute atomic E-state index is 0.108. The number of hydrogen-bond donors (Lipinski definition) is 1. The lowest BCUT2D eigenvalue weighted by Gasteiger charge is -2.28. The van der Waals surface area contributed by atoms with E-state index in [2.05, 4.69) is 21.2 Å². The van der Waals surface area contributed by atoms with Crippen molar-refractivity contribution in [2.24, 2.45) is 23.7 Å².